The molecule has 1 heterocycles. The van der Waals surface area contributed by atoms with E-state index >= 15 is 0 Å². The van der Waals surface area contributed by atoms with Crippen LogP contribution >= 0.6 is 15.9 Å². The van der Waals surface area contributed by atoms with Crippen LogP contribution < -0.4 is 10.1 Å². The van der Waals surface area contributed by atoms with Crippen molar-refractivity contribution in [2.45, 2.75) is 18.8 Å². The molecule has 4 heteroatoms. The summed E-state index contributed by atoms with van der Waals surface area (Å²) in [4.78, 5) is 0. The molecule has 1 aromatic rings. The van der Waals surface area contributed by atoms with Gasteiger partial charge in [-0.3, -0.25) is 0 Å². The van der Waals surface area contributed by atoms with Crippen molar-refractivity contribution in [3.05, 3.63) is 28.0 Å². The highest BCUT2D eigenvalue weighted by molar-refractivity contribution is 9.10. The van der Waals surface area contributed by atoms with Gasteiger partial charge in [0.25, 0.3) is 0 Å². The quantitative estimate of drug-likeness (QED) is 0.903. The fourth-order valence-electron chi connectivity index (χ4n) is 2.13. The number of piperidine rings is 1. The molecule has 1 aromatic carbocycles. The molecule has 0 radical (unpaired) electrons. The van der Waals surface area contributed by atoms with Gasteiger partial charge in [0.1, 0.15) is 11.6 Å². The van der Waals surface area contributed by atoms with E-state index in [2.05, 4.69) is 21.2 Å². The maximum atomic E-state index is 13.6. The number of methoxy groups -OCH3 is 1. The fourth-order valence-corrected chi connectivity index (χ4v) is 2.68. The van der Waals surface area contributed by atoms with E-state index in [0.29, 0.717) is 16.1 Å². The van der Waals surface area contributed by atoms with Crippen molar-refractivity contribution in [1.29, 1.82) is 0 Å². The van der Waals surface area contributed by atoms with Gasteiger partial charge in [-0.15, -0.1) is 0 Å². The smallest absolute Gasteiger partial charge is 0.141 e. The highest BCUT2D eigenvalue weighted by Gasteiger charge is 2.20. The van der Waals surface area contributed by atoms with Crippen LogP contribution in [0.25, 0.3) is 0 Å². The van der Waals surface area contributed by atoms with Gasteiger partial charge in [-0.2, -0.15) is 0 Å². The Hall–Kier alpha value is -0.610. The Kier molecular flexibility index (Phi) is 3.82. The summed E-state index contributed by atoms with van der Waals surface area (Å²) in [5.41, 5.74) is 1.03. The molecule has 0 bridgehead atoms. The Bertz CT molecular complexity index is 378. The summed E-state index contributed by atoms with van der Waals surface area (Å²) in [6.07, 6.45) is 2.09. The molecule has 1 aliphatic rings. The first-order valence-electron chi connectivity index (χ1n) is 5.46. The summed E-state index contributed by atoms with van der Waals surface area (Å²) < 4.78 is 19.3. The Morgan fingerprint density at radius 1 is 1.38 bits per heavy atom. The molecule has 0 unspecified atom stereocenters. The van der Waals surface area contributed by atoms with E-state index in [1.54, 1.807) is 7.11 Å². The average Bonchev–Trinajstić information content (AvgIpc) is 2.33. The standard InChI is InChI=1S/C12H15BrFNO/c1-16-9-6-10(12(13)11(14)7-9)8-2-4-15-5-3-8/h6-8,15H,2-5H2,1H3. The minimum absolute atomic E-state index is 0.243. The zero-order valence-corrected chi connectivity index (χ0v) is 10.8. The third kappa shape index (κ3) is 2.38. The van der Waals surface area contributed by atoms with Gasteiger partial charge in [0.15, 0.2) is 0 Å². The van der Waals surface area contributed by atoms with Crippen molar-refractivity contribution >= 4 is 15.9 Å². The van der Waals surface area contributed by atoms with Crippen LogP contribution in [0.2, 0.25) is 0 Å². The first kappa shape index (κ1) is 11.9. The number of rotatable bonds is 2. The molecule has 0 atom stereocenters. The molecule has 1 N–H and O–H groups in total. The summed E-state index contributed by atoms with van der Waals surface area (Å²) in [6, 6.07) is 3.35. The van der Waals surface area contributed by atoms with Crippen LogP contribution in [0.3, 0.4) is 0 Å². The third-order valence-corrected chi connectivity index (χ3v) is 3.88. The number of nitrogens with one attached hydrogen (secondary N) is 1. The van der Waals surface area contributed by atoms with Crippen LogP contribution in [0.1, 0.15) is 24.3 Å². The van der Waals surface area contributed by atoms with Crippen LogP contribution in [0.4, 0.5) is 4.39 Å². The van der Waals surface area contributed by atoms with E-state index in [1.165, 1.54) is 6.07 Å². The Morgan fingerprint density at radius 3 is 2.69 bits per heavy atom. The van der Waals surface area contributed by atoms with Gasteiger partial charge in [-0.05, 0) is 59.4 Å². The molecule has 16 heavy (non-hydrogen) atoms. The van der Waals surface area contributed by atoms with Crippen LogP contribution in [0, 0.1) is 5.82 Å². The van der Waals surface area contributed by atoms with Gasteiger partial charge in [0.05, 0.1) is 11.6 Å². The first-order chi connectivity index (χ1) is 7.72. The SMILES string of the molecule is COc1cc(F)c(Br)c(C2CCNCC2)c1. The Balaban J connectivity index is 2.33. The highest BCUT2D eigenvalue weighted by Crippen LogP contribution is 2.35. The molecule has 2 rings (SSSR count). The molecule has 1 aliphatic heterocycles. The summed E-state index contributed by atoms with van der Waals surface area (Å²) in [6.45, 7) is 1.99. The lowest BCUT2D eigenvalue weighted by Crippen LogP contribution is -2.26. The zero-order chi connectivity index (χ0) is 11.5. The maximum Gasteiger partial charge on any atom is 0.141 e. The summed E-state index contributed by atoms with van der Waals surface area (Å²) >= 11 is 3.33. The Labute approximate surface area is 103 Å². The van der Waals surface area contributed by atoms with Gasteiger partial charge in [-0.25, -0.2) is 4.39 Å². The first-order valence-corrected chi connectivity index (χ1v) is 6.25. The molecular weight excluding hydrogens is 273 g/mol. The van der Waals surface area contributed by atoms with Crippen LogP contribution in [-0.2, 0) is 0 Å². The molecular formula is C12H15BrFNO. The lowest BCUT2D eigenvalue weighted by atomic mass is 9.90. The van der Waals surface area contributed by atoms with Gasteiger partial charge in [0.2, 0.25) is 0 Å². The maximum absolute atomic E-state index is 13.6. The monoisotopic (exact) mass is 287 g/mol. The van der Waals surface area contributed by atoms with E-state index in [9.17, 15) is 4.39 Å². The van der Waals surface area contributed by atoms with Gasteiger partial charge in [0, 0.05) is 6.07 Å². The van der Waals surface area contributed by atoms with Crippen molar-refractivity contribution in [3.63, 3.8) is 0 Å². The second kappa shape index (κ2) is 5.15. The number of hydrogen-bond donors (Lipinski definition) is 1. The fraction of sp³-hybridized carbons (Fsp3) is 0.500. The number of halogens is 2. The molecule has 0 spiro atoms. The van der Waals surface area contributed by atoms with Crippen LogP contribution in [0.15, 0.2) is 16.6 Å². The van der Waals surface area contributed by atoms with Crippen molar-refractivity contribution in [2.75, 3.05) is 20.2 Å². The number of benzene rings is 1. The van der Waals surface area contributed by atoms with E-state index < -0.39 is 0 Å². The zero-order valence-electron chi connectivity index (χ0n) is 9.22. The number of hydrogen-bond acceptors (Lipinski definition) is 2. The second-order valence-electron chi connectivity index (χ2n) is 4.04. The van der Waals surface area contributed by atoms with Crippen molar-refractivity contribution in [3.8, 4) is 5.75 Å². The molecule has 1 saturated heterocycles. The lowest BCUT2D eigenvalue weighted by Gasteiger charge is -2.24. The second-order valence-corrected chi connectivity index (χ2v) is 4.83. The molecule has 0 saturated carbocycles. The van der Waals surface area contributed by atoms with E-state index in [0.717, 1.165) is 31.5 Å². The molecule has 0 aromatic heterocycles. The molecule has 88 valence electrons. The summed E-state index contributed by atoms with van der Waals surface area (Å²) in [5, 5.41) is 3.31. The largest absolute Gasteiger partial charge is 0.497 e. The van der Waals surface area contributed by atoms with Crippen LogP contribution in [0.5, 0.6) is 5.75 Å². The summed E-state index contributed by atoms with van der Waals surface area (Å²) in [5.74, 6) is 0.766. The molecule has 0 amide bonds. The van der Waals surface area contributed by atoms with Gasteiger partial charge < -0.3 is 10.1 Å². The van der Waals surface area contributed by atoms with Crippen molar-refractivity contribution in [2.24, 2.45) is 0 Å². The average molecular weight is 288 g/mol. The van der Waals surface area contributed by atoms with E-state index in [-0.39, 0.29) is 5.82 Å². The van der Waals surface area contributed by atoms with Crippen molar-refractivity contribution < 1.29 is 9.13 Å². The van der Waals surface area contributed by atoms with Crippen LogP contribution in [-0.4, -0.2) is 20.2 Å². The number of ether oxygens (including phenoxy) is 1. The minimum Gasteiger partial charge on any atom is -0.497 e. The lowest BCUT2D eigenvalue weighted by molar-refractivity contribution is 0.406. The summed E-state index contributed by atoms with van der Waals surface area (Å²) in [7, 11) is 1.56. The Morgan fingerprint density at radius 2 is 2.06 bits per heavy atom. The van der Waals surface area contributed by atoms with Gasteiger partial charge >= 0.3 is 0 Å². The predicted octanol–water partition coefficient (Wildman–Crippen LogP) is 3.06. The van der Waals surface area contributed by atoms with E-state index in [4.69, 9.17) is 4.74 Å². The third-order valence-electron chi connectivity index (χ3n) is 3.04. The predicted molar refractivity (Wildman–Crippen MR) is 65.5 cm³/mol. The minimum atomic E-state index is -0.243. The topological polar surface area (TPSA) is 21.3 Å². The van der Waals surface area contributed by atoms with Gasteiger partial charge in [-0.1, -0.05) is 0 Å². The molecule has 0 aliphatic carbocycles. The highest BCUT2D eigenvalue weighted by atomic mass is 79.9. The normalized spacial score (nSPS) is 17.4. The molecule has 1 fully saturated rings. The molecule has 2 nitrogen and oxygen atoms in total. The van der Waals surface area contributed by atoms with Crippen molar-refractivity contribution in [1.82, 2.24) is 5.32 Å². The van der Waals surface area contributed by atoms with E-state index in [1.807, 2.05) is 6.07 Å².